The van der Waals surface area contributed by atoms with Crippen LogP contribution >= 0.6 is 0 Å². The first-order chi connectivity index (χ1) is 22.1. The van der Waals surface area contributed by atoms with E-state index < -0.39 is 18.1 Å². The van der Waals surface area contributed by atoms with E-state index in [0.29, 0.717) is 12.8 Å². The summed E-state index contributed by atoms with van der Waals surface area (Å²) < 4.78 is 16.9. The minimum atomic E-state index is -1.13. The second-order valence-corrected chi connectivity index (χ2v) is 14.2. The Labute approximate surface area is 283 Å². The summed E-state index contributed by atoms with van der Waals surface area (Å²) in [5.41, 5.74) is 0. The van der Waals surface area contributed by atoms with Crippen molar-refractivity contribution < 1.29 is 38.2 Å². The second-order valence-electron chi connectivity index (χ2n) is 14.2. The van der Waals surface area contributed by atoms with Crippen LogP contribution in [0.4, 0.5) is 0 Å². The molecule has 0 N–H and O–H groups in total. The first-order valence-corrected chi connectivity index (χ1v) is 19.1. The lowest BCUT2D eigenvalue weighted by Gasteiger charge is -2.34. The van der Waals surface area contributed by atoms with Crippen LogP contribution < -0.4 is 5.11 Å². The Morgan fingerprint density at radius 2 is 0.957 bits per heavy atom. The molecular weight excluding hydrogens is 582 g/mol. The molecule has 0 saturated carbocycles. The molecule has 2 atom stereocenters. The Balaban J connectivity index is 4.07. The number of likely N-dealkylation sites (N-methyl/N-ethyl adjacent to an activating group) is 1. The summed E-state index contributed by atoms with van der Waals surface area (Å²) in [6.07, 6.45) is 27.7. The summed E-state index contributed by atoms with van der Waals surface area (Å²) in [6.45, 7) is 4.51. The molecular formula is C38H73NO7. The number of ether oxygens (including phenoxy) is 3. The highest BCUT2D eigenvalue weighted by molar-refractivity contribution is 5.70. The number of carboxylic acid groups (broad SMARTS) is 1. The number of carbonyl (C=O) groups excluding carboxylic acids is 3. The third-order valence-electron chi connectivity index (χ3n) is 8.74. The van der Waals surface area contributed by atoms with Crippen LogP contribution in [0.1, 0.15) is 174 Å². The Hall–Kier alpha value is -1.67. The van der Waals surface area contributed by atoms with Crippen molar-refractivity contribution >= 4 is 17.9 Å². The van der Waals surface area contributed by atoms with Gasteiger partial charge in [0.15, 0.2) is 6.10 Å². The smallest absolute Gasteiger partial charge is 0.306 e. The SMILES string of the molecule is CCCCCCCCCCCCCCCCCCCCCC(=O)OC(COCCC(C(=O)[O-])[N+](C)(C)C)COC(=O)CCCCC. The average Bonchev–Trinajstić information content (AvgIpc) is 3.00. The molecule has 0 aliphatic rings. The van der Waals surface area contributed by atoms with E-state index in [1.54, 1.807) is 21.1 Å². The maximum absolute atomic E-state index is 12.5. The first kappa shape index (κ1) is 44.3. The zero-order valence-corrected chi connectivity index (χ0v) is 30.8. The fourth-order valence-electron chi connectivity index (χ4n) is 5.72. The number of hydrogen-bond donors (Lipinski definition) is 0. The van der Waals surface area contributed by atoms with E-state index in [1.165, 1.54) is 103 Å². The van der Waals surface area contributed by atoms with Gasteiger partial charge in [0.25, 0.3) is 0 Å². The molecule has 0 aromatic rings. The Morgan fingerprint density at radius 3 is 1.39 bits per heavy atom. The van der Waals surface area contributed by atoms with E-state index in [1.807, 2.05) is 0 Å². The molecule has 0 spiro atoms. The molecule has 0 rings (SSSR count). The Bertz CT molecular complexity index is 737. The molecule has 0 amide bonds. The molecule has 0 fully saturated rings. The van der Waals surface area contributed by atoms with Crippen LogP contribution in [-0.2, 0) is 28.6 Å². The van der Waals surface area contributed by atoms with Crippen molar-refractivity contribution in [2.24, 2.45) is 0 Å². The summed E-state index contributed by atoms with van der Waals surface area (Å²) in [7, 11) is 5.39. The van der Waals surface area contributed by atoms with Gasteiger partial charge in [-0.2, -0.15) is 0 Å². The summed E-state index contributed by atoms with van der Waals surface area (Å²) in [5.74, 6) is -1.75. The lowest BCUT2D eigenvalue weighted by Crippen LogP contribution is -2.55. The van der Waals surface area contributed by atoms with Crippen LogP contribution in [0.5, 0.6) is 0 Å². The molecule has 0 saturated heterocycles. The Kier molecular flexibility index (Phi) is 29.5. The molecule has 0 aromatic carbocycles. The zero-order chi connectivity index (χ0) is 34.3. The van der Waals surface area contributed by atoms with Gasteiger partial charge in [0, 0.05) is 19.3 Å². The molecule has 0 radical (unpaired) electrons. The number of unbranched alkanes of at least 4 members (excludes halogenated alkanes) is 20. The molecule has 8 heteroatoms. The standard InChI is InChI=1S/C38H73NO7/c1-6-8-10-11-12-13-14-15-16-17-18-19-20-21-22-23-24-25-27-29-37(41)46-34(33-45-36(40)28-26-9-7-2)32-44-31-30-35(38(42)43)39(3,4)5/h34-35H,6-33H2,1-5H3. The Morgan fingerprint density at radius 1 is 0.565 bits per heavy atom. The number of quaternary nitrogens is 1. The van der Waals surface area contributed by atoms with Crippen molar-refractivity contribution in [1.82, 2.24) is 0 Å². The molecule has 0 bridgehead atoms. The highest BCUT2D eigenvalue weighted by Gasteiger charge is 2.25. The highest BCUT2D eigenvalue weighted by atomic mass is 16.6. The van der Waals surface area contributed by atoms with Gasteiger partial charge in [-0.25, -0.2) is 0 Å². The number of aliphatic carboxylic acids is 1. The summed E-state index contributed by atoms with van der Waals surface area (Å²) >= 11 is 0. The van der Waals surface area contributed by atoms with Gasteiger partial charge in [-0.1, -0.05) is 142 Å². The zero-order valence-electron chi connectivity index (χ0n) is 30.8. The second kappa shape index (κ2) is 30.7. The average molecular weight is 656 g/mol. The molecule has 2 unspecified atom stereocenters. The molecule has 0 heterocycles. The van der Waals surface area contributed by atoms with E-state index in [2.05, 4.69) is 13.8 Å². The number of esters is 2. The minimum Gasteiger partial charge on any atom is -0.544 e. The van der Waals surface area contributed by atoms with Crippen molar-refractivity contribution in [3.63, 3.8) is 0 Å². The van der Waals surface area contributed by atoms with Crippen LogP contribution in [0.15, 0.2) is 0 Å². The van der Waals surface area contributed by atoms with Gasteiger partial charge in [0.1, 0.15) is 12.6 Å². The van der Waals surface area contributed by atoms with E-state index >= 15 is 0 Å². The van der Waals surface area contributed by atoms with Crippen LogP contribution in [0.2, 0.25) is 0 Å². The maximum atomic E-state index is 12.5. The fourth-order valence-corrected chi connectivity index (χ4v) is 5.72. The van der Waals surface area contributed by atoms with Crippen molar-refractivity contribution in [3.05, 3.63) is 0 Å². The third kappa shape index (κ3) is 28.5. The van der Waals surface area contributed by atoms with E-state index in [-0.39, 0.29) is 42.7 Å². The van der Waals surface area contributed by atoms with Gasteiger partial charge in [0.2, 0.25) is 0 Å². The van der Waals surface area contributed by atoms with Gasteiger partial charge in [0.05, 0.1) is 40.3 Å². The molecule has 8 nitrogen and oxygen atoms in total. The number of nitrogens with zero attached hydrogens (tertiary/aromatic N) is 1. The minimum absolute atomic E-state index is 0.0457. The first-order valence-electron chi connectivity index (χ1n) is 19.1. The van der Waals surface area contributed by atoms with Crippen LogP contribution in [0.3, 0.4) is 0 Å². The largest absolute Gasteiger partial charge is 0.544 e. The van der Waals surface area contributed by atoms with E-state index in [4.69, 9.17) is 14.2 Å². The summed E-state index contributed by atoms with van der Waals surface area (Å²) in [5, 5.41) is 11.5. The third-order valence-corrected chi connectivity index (χ3v) is 8.74. The van der Waals surface area contributed by atoms with Crippen molar-refractivity contribution in [3.8, 4) is 0 Å². The lowest BCUT2D eigenvalue weighted by atomic mass is 10.0. The normalized spacial score (nSPS) is 13.0. The van der Waals surface area contributed by atoms with Crippen molar-refractivity contribution in [2.75, 3.05) is 41.0 Å². The van der Waals surface area contributed by atoms with Gasteiger partial charge < -0.3 is 28.6 Å². The number of rotatable bonds is 34. The molecule has 46 heavy (non-hydrogen) atoms. The predicted octanol–water partition coefficient (Wildman–Crippen LogP) is 8.08. The van der Waals surface area contributed by atoms with E-state index in [9.17, 15) is 19.5 Å². The molecule has 0 aromatic heterocycles. The monoisotopic (exact) mass is 656 g/mol. The van der Waals surface area contributed by atoms with Gasteiger partial charge in [-0.15, -0.1) is 0 Å². The summed E-state index contributed by atoms with van der Waals surface area (Å²) in [4.78, 5) is 36.1. The van der Waals surface area contributed by atoms with Crippen LogP contribution in [-0.4, -0.2) is 75.5 Å². The molecule has 0 aliphatic heterocycles. The highest BCUT2D eigenvalue weighted by Crippen LogP contribution is 2.15. The van der Waals surface area contributed by atoms with Crippen LogP contribution in [0, 0.1) is 0 Å². The summed E-state index contributed by atoms with van der Waals surface area (Å²) in [6, 6.07) is -0.716. The predicted molar refractivity (Wildman–Crippen MR) is 185 cm³/mol. The van der Waals surface area contributed by atoms with Gasteiger partial charge in [-0.05, 0) is 12.8 Å². The number of carboxylic acids is 1. The lowest BCUT2D eigenvalue weighted by molar-refractivity contribution is -0.889. The topological polar surface area (TPSA) is 102 Å². The fraction of sp³-hybridized carbons (Fsp3) is 0.921. The maximum Gasteiger partial charge on any atom is 0.306 e. The molecule has 272 valence electrons. The van der Waals surface area contributed by atoms with E-state index in [0.717, 1.165) is 38.5 Å². The van der Waals surface area contributed by atoms with Crippen molar-refractivity contribution in [2.45, 2.75) is 187 Å². The quantitative estimate of drug-likeness (QED) is 0.0392. The molecule has 0 aliphatic carbocycles. The number of carbonyl (C=O) groups is 3. The van der Waals surface area contributed by atoms with Crippen molar-refractivity contribution in [1.29, 1.82) is 0 Å². The van der Waals surface area contributed by atoms with Gasteiger partial charge in [-0.3, -0.25) is 9.59 Å². The van der Waals surface area contributed by atoms with Gasteiger partial charge >= 0.3 is 11.9 Å². The van der Waals surface area contributed by atoms with Crippen LogP contribution in [0.25, 0.3) is 0 Å². The number of hydrogen-bond acceptors (Lipinski definition) is 7.